The second kappa shape index (κ2) is 7.75. The zero-order valence-corrected chi connectivity index (χ0v) is 15.9. The first kappa shape index (κ1) is 20.4. The number of alkyl halides is 3. The maximum Gasteiger partial charge on any atom is 0.416 e. The number of ether oxygens (including phenoxy) is 1. The van der Waals surface area contributed by atoms with E-state index < -0.39 is 30.1 Å². The van der Waals surface area contributed by atoms with Crippen LogP contribution in [0.3, 0.4) is 0 Å². The van der Waals surface area contributed by atoms with Crippen molar-refractivity contribution in [1.82, 2.24) is 9.55 Å². The van der Waals surface area contributed by atoms with E-state index in [0.29, 0.717) is 16.7 Å². The number of aromatic nitrogens is 2. The van der Waals surface area contributed by atoms with Crippen LogP contribution in [0.1, 0.15) is 21.5 Å². The van der Waals surface area contributed by atoms with Crippen molar-refractivity contribution < 1.29 is 27.1 Å². The van der Waals surface area contributed by atoms with E-state index in [-0.39, 0.29) is 16.9 Å². The van der Waals surface area contributed by atoms with Crippen molar-refractivity contribution in [1.29, 1.82) is 0 Å². The van der Waals surface area contributed by atoms with Crippen molar-refractivity contribution >= 4 is 16.9 Å². The second-order valence-electron chi connectivity index (χ2n) is 6.74. The lowest BCUT2D eigenvalue weighted by Crippen LogP contribution is -2.15. The minimum atomic E-state index is -4.54. The SMILES string of the molecule is NC(=O)c1ccc(-n2cnc3cc(F)ccc32)cc1OCc1ccccc1C(F)(F)F. The molecule has 0 saturated carbocycles. The quantitative estimate of drug-likeness (QED) is 0.461. The summed E-state index contributed by atoms with van der Waals surface area (Å²) in [6.07, 6.45) is -3.08. The van der Waals surface area contributed by atoms with Crippen molar-refractivity contribution in [3.63, 3.8) is 0 Å². The van der Waals surface area contributed by atoms with E-state index in [1.165, 1.54) is 48.8 Å². The van der Waals surface area contributed by atoms with Crippen molar-refractivity contribution in [2.75, 3.05) is 0 Å². The Morgan fingerprint density at radius 2 is 1.84 bits per heavy atom. The average Bonchev–Trinajstić information content (AvgIpc) is 3.14. The zero-order chi connectivity index (χ0) is 22.2. The van der Waals surface area contributed by atoms with E-state index in [1.807, 2.05) is 0 Å². The van der Waals surface area contributed by atoms with E-state index in [9.17, 15) is 22.4 Å². The molecule has 0 bridgehead atoms. The van der Waals surface area contributed by atoms with Gasteiger partial charge >= 0.3 is 6.18 Å². The van der Waals surface area contributed by atoms with Crippen LogP contribution < -0.4 is 10.5 Å². The van der Waals surface area contributed by atoms with Gasteiger partial charge in [-0.2, -0.15) is 13.2 Å². The van der Waals surface area contributed by atoms with Gasteiger partial charge in [-0.3, -0.25) is 9.36 Å². The molecule has 0 atom stereocenters. The predicted octanol–water partition coefficient (Wildman–Crippen LogP) is 4.86. The van der Waals surface area contributed by atoms with Gasteiger partial charge in [0.25, 0.3) is 5.91 Å². The van der Waals surface area contributed by atoms with Crippen LogP contribution in [0.2, 0.25) is 0 Å². The number of hydrogen-bond acceptors (Lipinski definition) is 3. The van der Waals surface area contributed by atoms with Crippen LogP contribution in [0, 0.1) is 5.82 Å². The highest BCUT2D eigenvalue weighted by molar-refractivity contribution is 5.96. The molecule has 9 heteroatoms. The summed E-state index contributed by atoms with van der Waals surface area (Å²) < 4.78 is 60.4. The first-order valence-corrected chi connectivity index (χ1v) is 9.09. The first-order chi connectivity index (χ1) is 14.7. The summed E-state index contributed by atoms with van der Waals surface area (Å²) in [6.45, 7) is -0.421. The van der Waals surface area contributed by atoms with Gasteiger partial charge in [0.05, 0.1) is 27.8 Å². The number of halogens is 4. The summed E-state index contributed by atoms with van der Waals surface area (Å²) in [6, 6.07) is 13.6. The van der Waals surface area contributed by atoms with E-state index in [1.54, 1.807) is 16.7 Å². The number of benzene rings is 3. The van der Waals surface area contributed by atoms with Crippen LogP contribution >= 0.6 is 0 Å². The van der Waals surface area contributed by atoms with E-state index in [2.05, 4.69) is 4.98 Å². The highest BCUT2D eigenvalue weighted by atomic mass is 19.4. The van der Waals surface area contributed by atoms with E-state index in [4.69, 9.17) is 10.5 Å². The molecule has 1 heterocycles. The van der Waals surface area contributed by atoms with Gasteiger partial charge in [0, 0.05) is 17.7 Å². The molecule has 0 radical (unpaired) electrons. The molecule has 0 aliphatic carbocycles. The maximum absolute atomic E-state index is 13.4. The van der Waals surface area contributed by atoms with Crippen LogP contribution in [0.4, 0.5) is 17.6 Å². The Labute approximate surface area is 173 Å². The number of nitrogens with two attached hydrogens (primary N) is 1. The van der Waals surface area contributed by atoms with Gasteiger partial charge in [-0.1, -0.05) is 18.2 Å². The molecular weight excluding hydrogens is 414 g/mol. The molecule has 0 aliphatic heterocycles. The Bertz CT molecular complexity index is 1280. The number of primary amides is 1. The number of imidazole rings is 1. The third kappa shape index (κ3) is 4.07. The Morgan fingerprint density at radius 3 is 2.58 bits per heavy atom. The predicted molar refractivity (Wildman–Crippen MR) is 105 cm³/mol. The highest BCUT2D eigenvalue weighted by Crippen LogP contribution is 2.33. The van der Waals surface area contributed by atoms with Crippen LogP contribution in [-0.4, -0.2) is 15.5 Å². The minimum absolute atomic E-state index is 0.0173. The Kier molecular flexibility index (Phi) is 5.10. The largest absolute Gasteiger partial charge is 0.488 e. The standard InChI is InChI=1S/C22H15F4N3O2/c23-14-5-8-19-18(9-14)28-12-29(19)15-6-7-16(21(27)30)20(10-15)31-11-13-3-1-2-4-17(13)22(24,25)26/h1-10,12H,11H2,(H2,27,30). The molecule has 0 aliphatic rings. The van der Waals surface area contributed by atoms with Gasteiger partial charge in [-0.05, 0) is 30.3 Å². The van der Waals surface area contributed by atoms with E-state index >= 15 is 0 Å². The molecule has 4 aromatic rings. The topological polar surface area (TPSA) is 70.1 Å². The Morgan fingerprint density at radius 1 is 1.06 bits per heavy atom. The highest BCUT2D eigenvalue weighted by Gasteiger charge is 2.33. The van der Waals surface area contributed by atoms with Crippen molar-refractivity contribution in [3.8, 4) is 11.4 Å². The third-order valence-electron chi connectivity index (χ3n) is 4.72. The molecule has 0 spiro atoms. The Hall–Kier alpha value is -3.88. The fraction of sp³-hybridized carbons (Fsp3) is 0.0909. The van der Waals surface area contributed by atoms with Gasteiger partial charge < -0.3 is 10.5 Å². The van der Waals surface area contributed by atoms with Crippen molar-refractivity contribution in [2.45, 2.75) is 12.8 Å². The number of carbonyl (C=O) groups is 1. The number of hydrogen-bond donors (Lipinski definition) is 1. The van der Waals surface area contributed by atoms with Gasteiger partial charge in [0.15, 0.2) is 0 Å². The molecule has 0 saturated heterocycles. The first-order valence-electron chi connectivity index (χ1n) is 9.09. The molecule has 4 rings (SSSR count). The smallest absolute Gasteiger partial charge is 0.416 e. The molecule has 3 aromatic carbocycles. The summed E-state index contributed by atoms with van der Waals surface area (Å²) in [5, 5.41) is 0. The fourth-order valence-electron chi connectivity index (χ4n) is 3.25. The van der Waals surface area contributed by atoms with Gasteiger partial charge in [-0.15, -0.1) is 0 Å². The third-order valence-corrected chi connectivity index (χ3v) is 4.72. The van der Waals surface area contributed by atoms with Crippen LogP contribution in [-0.2, 0) is 12.8 Å². The lowest BCUT2D eigenvalue weighted by atomic mass is 10.1. The van der Waals surface area contributed by atoms with Gasteiger partial charge in [-0.25, -0.2) is 9.37 Å². The number of fused-ring (bicyclic) bond motifs is 1. The summed E-state index contributed by atoms with van der Waals surface area (Å²) in [7, 11) is 0. The summed E-state index contributed by atoms with van der Waals surface area (Å²) in [5.41, 5.74) is 6.04. The molecule has 2 N–H and O–H groups in total. The van der Waals surface area contributed by atoms with Gasteiger partial charge in [0.2, 0.25) is 0 Å². The molecule has 0 fully saturated rings. The molecule has 158 valence electrons. The molecule has 31 heavy (non-hydrogen) atoms. The molecular formula is C22H15F4N3O2. The normalized spacial score (nSPS) is 11.6. The molecule has 0 unspecified atom stereocenters. The van der Waals surface area contributed by atoms with Crippen LogP contribution in [0.25, 0.3) is 16.7 Å². The molecule has 1 aromatic heterocycles. The van der Waals surface area contributed by atoms with Gasteiger partial charge in [0.1, 0.15) is 24.5 Å². The summed E-state index contributed by atoms with van der Waals surface area (Å²) >= 11 is 0. The van der Waals surface area contributed by atoms with Crippen molar-refractivity contribution in [2.24, 2.45) is 5.73 Å². The van der Waals surface area contributed by atoms with Crippen LogP contribution in [0.5, 0.6) is 5.75 Å². The number of amides is 1. The number of nitrogens with zero attached hydrogens (tertiary/aromatic N) is 2. The molecule has 5 nitrogen and oxygen atoms in total. The van der Waals surface area contributed by atoms with E-state index in [0.717, 1.165) is 6.07 Å². The zero-order valence-electron chi connectivity index (χ0n) is 15.9. The van der Waals surface area contributed by atoms with Crippen LogP contribution in [0.15, 0.2) is 67.0 Å². The molecule has 1 amide bonds. The maximum atomic E-state index is 13.4. The van der Waals surface area contributed by atoms with Crippen molar-refractivity contribution in [3.05, 3.63) is 89.5 Å². The minimum Gasteiger partial charge on any atom is -0.488 e. The lowest BCUT2D eigenvalue weighted by molar-refractivity contribution is -0.138. The number of rotatable bonds is 5. The lowest BCUT2D eigenvalue weighted by Gasteiger charge is -2.15. The summed E-state index contributed by atoms with van der Waals surface area (Å²) in [4.78, 5) is 15.9. The fourth-order valence-corrected chi connectivity index (χ4v) is 3.25. The number of carbonyl (C=O) groups excluding carboxylic acids is 1. The summed E-state index contributed by atoms with van der Waals surface area (Å²) in [5.74, 6) is -1.21. The second-order valence-corrected chi connectivity index (χ2v) is 6.74. The monoisotopic (exact) mass is 429 g/mol. The Balaban J connectivity index is 1.71. The average molecular weight is 429 g/mol.